The number of hydrogen-bond donors (Lipinski definition) is 0. The zero-order valence-corrected chi connectivity index (χ0v) is 17.6. The second-order valence-corrected chi connectivity index (χ2v) is 7.26. The van der Waals surface area contributed by atoms with E-state index in [0.29, 0.717) is 0 Å². The Hall–Kier alpha value is -0.0600. The number of hydrogen-bond acceptors (Lipinski definition) is 0. The molecule has 0 N–H and O–H groups in total. The van der Waals surface area contributed by atoms with E-state index in [2.05, 4.69) is 42.1 Å². The predicted molar refractivity (Wildman–Crippen MR) is 113 cm³/mol. The van der Waals surface area contributed by atoms with Gasteiger partial charge in [0.05, 0.1) is 0 Å². The van der Waals surface area contributed by atoms with E-state index in [1.807, 2.05) is 0 Å². The van der Waals surface area contributed by atoms with Crippen LogP contribution < -0.4 is 5.30 Å². The van der Waals surface area contributed by atoms with Crippen LogP contribution in [0.25, 0.3) is 0 Å². The molecular formula is C21H38ClP. The summed E-state index contributed by atoms with van der Waals surface area (Å²) in [6.45, 7) is 6.89. The van der Waals surface area contributed by atoms with Crippen molar-refractivity contribution in [1.29, 1.82) is 0 Å². The molecule has 0 fully saturated rings. The quantitative estimate of drug-likeness (QED) is 0.285. The molecule has 1 unspecified atom stereocenters. The summed E-state index contributed by atoms with van der Waals surface area (Å²) >= 11 is 0. The van der Waals surface area contributed by atoms with Gasteiger partial charge in [-0.1, -0.05) is 71.4 Å². The highest BCUT2D eigenvalue weighted by Crippen LogP contribution is 2.22. The number of halogens is 1. The molecule has 0 aliphatic heterocycles. The Labute approximate surface area is 153 Å². The minimum absolute atomic E-state index is 0. The Balaban J connectivity index is 0.00000484. The molecule has 0 amide bonds. The number of aryl methyl sites for hydroxylation is 1. The average Bonchev–Trinajstić information content (AvgIpc) is 2.52. The van der Waals surface area contributed by atoms with Crippen molar-refractivity contribution in [2.24, 2.45) is 0 Å². The summed E-state index contributed by atoms with van der Waals surface area (Å²) in [5, 5.41) is 1.45. The maximum Gasteiger partial charge on any atom is -0.0268 e. The summed E-state index contributed by atoms with van der Waals surface area (Å²) in [7, 11) is 2.99. The van der Waals surface area contributed by atoms with Crippen molar-refractivity contribution in [3.8, 4) is 0 Å². The minimum Gasteiger partial charge on any atom is -0.147 e. The van der Waals surface area contributed by atoms with Crippen molar-refractivity contribution in [2.45, 2.75) is 97.8 Å². The van der Waals surface area contributed by atoms with Gasteiger partial charge in [0.15, 0.2) is 0 Å². The molecule has 0 aliphatic rings. The van der Waals surface area contributed by atoms with Gasteiger partial charge in [0.25, 0.3) is 0 Å². The molecule has 2 heteroatoms. The van der Waals surface area contributed by atoms with Gasteiger partial charge >= 0.3 is 0 Å². The molecule has 1 aromatic rings. The molecule has 0 aromatic heterocycles. The van der Waals surface area contributed by atoms with Gasteiger partial charge in [0, 0.05) is 0 Å². The van der Waals surface area contributed by atoms with Crippen LogP contribution in [0.2, 0.25) is 0 Å². The second kappa shape index (κ2) is 14.3. The maximum absolute atomic E-state index is 2.99. The molecular weight excluding hydrogens is 319 g/mol. The molecule has 0 heterocycles. The van der Waals surface area contributed by atoms with Crippen LogP contribution in [0.4, 0.5) is 0 Å². The van der Waals surface area contributed by atoms with Gasteiger partial charge in [0.1, 0.15) is 0 Å². The van der Waals surface area contributed by atoms with E-state index in [0.717, 1.165) is 0 Å². The maximum atomic E-state index is 2.99. The summed E-state index contributed by atoms with van der Waals surface area (Å²) in [5.41, 5.74) is 5.00. The Morgan fingerprint density at radius 2 is 1.13 bits per heavy atom. The topological polar surface area (TPSA) is 0 Å². The van der Waals surface area contributed by atoms with Crippen LogP contribution in [0.15, 0.2) is 12.1 Å². The third kappa shape index (κ3) is 8.55. The van der Waals surface area contributed by atoms with E-state index < -0.39 is 0 Å². The number of unbranched alkanes of at least 4 members (excludes halogenated alkanes) is 6. The Bertz CT molecular complexity index is 415. The lowest BCUT2D eigenvalue weighted by Crippen LogP contribution is -2.11. The van der Waals surface area contributed by atoms with Crippen LogP contribution in [-0.4, -0.2) is 0 Å². The first-order chi connectivity index (χ1) is 10.7. The fourth-order valence-electron chi connectivity index (χ4n) is 3.27. The molecule has 0 saturated heterocycles. The monoisotopic (exact) mass is 356 g/mol. The van der Waals surface area contributed by atoms with Gasteiger partial charge in [-0.05, 0) is 60.5 Å². The third-order valence-corrected chi connectivity index (χ3v) is 5.22. The molecule has 23 heavy (non-hydrogen) atoms. The van der Waals surface area contributed by atoms with Gasteiger partial charge < -0.3 is 0 Å². The summed E-state index contributed by atoms with van der Waals surface area (Å²) in [6.07, 6.45) is 15.9. The predicted octanol–water partition coefficient (Wildman–Crippen LogP) is 6.81. The van der Waals surface area contributed by atoms with Gasteiger partial charge in [-0.2, -0.15) is 0 Å². The Morgan fingerprint density at radius 1 is 0.652 bits per heavy atom. The first kappa shape index (κ1) is 22.9. The zero-order valence-electron chi connectivity index (χ0n) is 15.6. The van der Waals surface area contributed by atoms with Gasteiger partial charge in [0.2, 0.25) is 0 Å². The highest BCUT2D eigenvalue weighted by Gasteiger charge is 2.11. The molecule has 1 atom stereocenters. The van der Waals surface area contributed by atoms with Gasteiger partial charge in [-0.15, -0.1) is 21.6 Å². The molecule has 134 valence electrons. The van der Waals surface area contributed by atoms with E-state index in [9.17, 15) is 0 Å². The first-order valence-corrected chi connectivity index (χ1v) is 10.2. The third-order valence-electron chi connectivity index (χ3n) is 4.67. The van der Waals surface area contributed by atoms with Crippen LogP contribution in [0, 0.1) is 0 Å². The van der Waals surface area contributed by atoms with Crippen molar-refractivity contribution >= 4 is 27.0 Å². The van der Waals surface area contributed by atoms with Crippen molar-refractivity contribution in [3.63, 3.8) is 0 Å². The molecule has 1 aromatic carbocycles. The molecule has 0 saturated carbocycles. The summed E-state index contributed by atoms with van der Waals surface area (Å²) < 4.78 is 0. The van der Waals surface area contributed by atoms with E-state index >= 15 is 0 Å². The van der Waals surface area contributed by atoms with Crippen molar-refractivity contribution < 1.29 is 0 Å². The van der Waals surface area contributed by atoms with E-state index in [4.69, 9.17) is 0 Å². The van der Waals surface area contributed by atoms with Gasteiger partial charge in [-0.3, -0.25) is 0 Å². The lowest BCUT2D eigenvalue weighted by Gasteiger charge is -2.18. The normalized spacial score (nSPS) is 10.6. The second-order valence-electron chi connectivity index (χ2n) is 6.64. The van der Waals surface area contributed by atoms with Crippen LogP contribution in [0.1, 0.15) is 95.2 Å². The average molecular weight is 357 g/mol. The lowest BCUT2D eigenvalue weighted by atomic mass is 9.90. The van der Waals surface area contributed by atoms with E-state index in [1.54, 1.807) is 16.7 Å². The zero-order chi connectivity index (χ0) is 16.2. The fraction of sp³-hybridized carbons (Fsp3) is 0.714. The Morgan fingerprint density at radius 3 is 1.65 bits per heavy atom. The molecule has 0 radical (unpaired) electrons. The lowest BCUT2D eigenvalue weighted by molar-refractivity contribution is 0.679. The van der Waals surface area contributed by atoms with E-state index in [1.165, 1.54) is 82.4 Å². The summed E-state index contributed by atoms with van der Waals surface area (Å²) in [6, 6.07) is 4.75. The van der Waals surface area contributed by atoms with Crippen molar-refractivity contribution in [1.82, 2.24) is 0 Å². The number of rotatable bonds is 12. The minimum atomic E-state index is 0. The summed E-state index contributed by atoms with van der Waals surface area (Å²) in [4.78, 5) is 0. The van der Waals surface area contributed by atoms with Crippen LogP contribution >= 0.6 is 21.6 Å². The highest BCUT2D eigenvalue weighted by atomic mass is 35.5. The number of benzene rings is 1. The van der Waals surface area contributed by atoms with E-state index in [-0.39, 0.29) is 12.4 Å². The largest absolute Gasteiger partial charge is 0.147 e. The van der Waals surface area contributed by atoms with Crippen LogP contribution in [-0.2, 0) is 19.3 Å². The first-order valence-electron chi connectivity index (χ1n) is 9.63. The van der Waals surface area contributed by atoms with Crippen molar-refractivity contribution in [2.75, 3.05) is 0 Å². The Kier molecular flexibility index (Phi) is 14.3. The molecule has 0 nitrogen and oxygen atoms in total. The smallest absolute Gasteiger partial charge is 0.0268 e. The molecule has 0 spiro atoms. The molecule has 1 rings (SSSR count). The van der Waals surface area contributed by atoms with Crippen molar-refractivity contribution in [3.05, 3.63) is 28.8 Å². The summed E-state index contributed by atoms with van der Waals surface area (Å²) in [5.74, 6) is 0. The molecule has 0 bridgehead atoms. The highest BCUT2D eigenvalue weighted by molar-refractivity contribution is 7.27. The van der Waals surface area contributed by atoms with Crippen LogP contribution in [0.5, 0.6) is 0 Å². The van der Waals surface area contributed by atoms with Gasteiger partial charge in [-0.25, -0.2) is 0 Å². The standard InChI is InChI=1S/C21H37P.ClH/c1-4-7-10-13-18-16-17-21(22)20(15-12-9-6-3)19(18)14-11-8-5-2;/h16-17H,4-15,22H2,1-3H3;1H. The fourth-order valence-corrected chi connectivity index (χ4v) is 3.68. The van der Waals surface area contributed by atoms with Crippen LogP contribution in [0.3, 0.4) is 0 Å². The molecule has 0 aliphatic carbocycles. The SMILES string of the molecule is CCCCCc1ccc(P)c(CCCCC)c1CCCCC.Cl.